The monoisotopic (exact) mass is 296 g/mol. The van der Waals surface area contributed by atoms with Crippen LogP contribution >= 0.6 is 0 Å². The minimum Gasteiger partial charge on any atom is -0.495 e. The normalized spacial score (nSPS) is 11.8. The molecule has 0 aliphatic heterocycles. The largest absolute Gasteiger partial charge is 0.495 e. The molecule has 0 aliphatic rings. The first-order chi connectivity index (χ1) is 9.45. The average Bonchev–Trinajstić information content (AvgIpc) is 2.91. The van der Waals surface area contributed by atoms with Crippen LogP contribution in [0.4, 0.5) is 5.69 Å². The van der Waals surface area contributed by atoms with Crippen LogP contribution in [0, 0.1) is 0 Å². The van der Waals surface area contributed by atoms with Gasteiger partial charge in [0.25, 0.3) is 0 Å². The summed E-state index contributed by atoms with van der Waals surface area (Å²) in [6.07, 6.45) is 1.50. The van der Waals surface area contributed by atoms with Crippen LogP contribution in [-0.2, 0) is 16.6 Å². The number of methoxy groups -OCH3 is 1. The Morgan fingerprint density at radius 3 is 2.70 bits per heavy atom. The number of rotatable bonds is 5. The van der Waals surface area contributed by atoms with E-state index in [9.17, 15) is 8.42 Å². The van der Waals surface area contributed by atoms with Crippen LogP contribution in [0.1, 0.15) is 5.76 Å². The van der Waals surface area contributed by atoms with E-state index >= 15 is 0 Å². The molecule has 20 heavy (non-hydrogen) atoms. The Balaban J connectivity index is 2.36. The summed E-state index contributed by atoms with van der Waals surface area (Å²) in [6.45, 7) is 0.132. The Morgan fingerprint density at radius 2 is 2.10 bits per heavy atom. The second-order valence-corrected chi connectivity index (χ2v) is 6.26. The smallest absolute Gasteiger partial charge is 0.246 e. The highest BCUT2D eigenvalue weighted by atomic mass is 32.2. The number of nitrogens with two attached hydrogens (primary N) is 1. The number of anilines is 1. The fourth-order valence-corrected chi connectivity index (χ4v) is 3.09. The Morgan fingerprint density at radius 1 is 1.35 bits per heavy atom. The Bertz CT molecular complexity index is 680. The molecule has 0 bridgehead atoms. The fourth-order valence-electron chi connectivity index (χ4n) is 1.77. The summed E-state index contributed by atoms with van der Waals surface area (Å²) in [7, 11) is -0.826. The average molecular weight is 296 g/mol. The van der Waals surface area contributed by atoms with Crippen LogP contribution in [0.25, 0.3) is 0 Å². The first-order valence-corrected chi connectivity index (χ1v) is 7.31. The van der Waals surface area contributed by atoms with Crippen LogP contribution in [0.3, 0.4) is 0 Å². The third-order valence-corrected chi connectivity index (χ3v) is 4.66. The van der Waals surface area contributed by atoms with Gasteiger partial charge < -0.3 is 14.9 Å². The minimum atomic E-state index is -3.71. The lowest BCUT2D eigenvalue weighted by atomic mass is 10.3. The summed E-state index contributed by atoms with van der Waals surface area (Å²) in [6, 6.07) is 7.92. The van der Waals surface area contributed by atoms with E-state index in [2.05, 4.69) is 0 Å². The van der Waals surface area contributed by atoms with Crippen molar-refractivity contribution in [3.05, 3.63) is 42.4 Å². The van der Waals surface area contributed by atoms with Crippen molar-refractivity contribution in [3.63, 3.8) is 0 Å². The van der Waals surface area contributed by atoms with Crippen molar-refractivity contribution in [2.45, 2.75) is 11.4 Å². The second-order valence-electron chi connectivity index (χ2n) is 4.25. The zero-order valence-corrected chi connectivity index (χ0v) is 12.1. The van der Waals surface area contributed by atoms with E-state index in [0.29, 0.717) is 11.4 Å². The quantitative estimate of drug-likeness (QED) is 0.849. The molecule has 1 aromatic heterocycles. The molecule has 1 heterocycles. The van der Waals surface area contributed by atoms with Gasteiger partial charge in [0.15, 0.2) is 0 Å². The van der Waals surface area contributed by atoms with Gasteiger partial charge in [-0.25, -0.2) is 8.42 Å². The van der Waals surface area contributed by atoms with Gasteiger partial charge in [-0.2, -0.15) is 4.31 Å². The molecule has 0 radical (unpaired) electrons. The number of nitrogens with zero attached hydrogens (tertiary/aromatic N) is 1. The molecule has 0 saturated carbocycles. The number of sulfonamides is 1. The molecule has 0 saturated heterocycles. The van der Waals surface area contributed by atoms with Crippen molar-refractivity contribution < 1.29 is 17.6 Å². The van der Waals surface area contributed by atoms with Gasteiger partial charge in [0.1, 0.15) is 16.4 Å². The standard InChI is InChI=1S/C13H16N2O4S/c1-15(9-11-4-3-7-19-11)20(16,17)13-8-10(14)5-6-12(13)18-2/h3-8H,9,14H2,1-2H3. The molecule has 0 fully saturated rings. The maximum atomic E-state index is 12.5. The van der Waals surface area contributed by atoms with Crippen molar-refractivity contribution >= 4 is 15.7 Å². The van der Waals surface area contributed by atoms with E-state index in [4.69, 9.17) is 14.9 Å². The number of ether oxygens (including phenoxy) is 1. The van der Waals surface area contributed by atoms with E-state index in [-0.39, 0.29) is 17.2 Å². The molecule has 0 unspecified atom stereocenters. The summed E-state index contributed by atoms with van der Waals surface area (Å²) in [4.78, 5) is 0.0362. The predicted molar refractivity (Wildman–Crippen MR) is 74.8 cm³/mol. The summed E-state index contributed by atoms with van der Waals surface area (Å²) < 4.78 is 36.5. The number of hydrogen-bond acceptors (Lipinski definition) is 5. The lowest BCUT2D eigenvalue weighted by Gasteiger charge is -2.18. The molecule has 6 nitrogen and oxygen atoms in total. The number of hydrogen-bond donors (Lipinski definition) is 1. The van der Waals surface area contributed by atoms with Gasteiger partial charge >= 0.3 is 0 Å². The topological polar surface area (TPSA) is 85.8 Å². The predicted octanol–water partition coefficient (Wildman–Crippen LogP) is 1.69. The summed E-state index contributed by atoms with van der Waals surface area (Å²) >= 11 is 0. The molecule has 0 atom stereocenters. The zero-order valence-electron chi connectivity index (χ0n) is 11.2. The molecule has 0 spiro atoms. The van der Waals surface area contributed by atoms with Gasteiger partial charge in [0.2, 0.25) is 10.0 Å². The molecule has 0 aliphatic carbocycles. The van der Waals surface area contributed by atoms with Gasteiger partial charge in [-0.05, 0) is 30.3 Å². The van der Waals surface area contributed by atoms with Gasteiger partial charge in [-0.3, -0.25) is 0 Å². The van der Waals surface area contributed by atoms with Crippen molar-refractivity contribution in [2.24, 2.45) is 0 Å². The van der Waals surface area contributed by atoms with E-state index in [1.54, 1.807) is 18.2 Å². The van der Waals surface area contributed by atoms with E-state index in [0.717, 1.165) is 0 Å². The van der Waals surface area contributed by atoms with E-state index in [1.807, 2.05) is 0 Å². The first-order valence-electron chi connectivity index (χ1n) is 5.87. The van der Waals surface area contributed by atoms with Crippen molar-refractivity contribution in [1.82, 2.24) is 4.31 Å². The Hall–Kier alpha value is -1.99. The third kappa shape index (κ3) is 2.78. The molecule has 2 rings (SSSR count). The SMILES string of the molecule is COc1ccc(N)cc1S(=O)(=O)N(C)Cc1ccco1. The van der Waals surface area contributed by atoms with Gasteiger partial charge in [-0.1, -0.05) is 0 Å². The molecule has 7 heteroatoms. The van der Waals surface area contributed by atoms with E-state index < -0.39 is 10.0 Å². The van der Waals surface area contributed by atoms with Crippen LogP contribution in [0.15, 0.2) is 45.9 Å². The third-order valence-electron chi connectivity index (χ3n) is 2.83. The van der Waals surface area contributed by atoms with Crippen molar-refractivity contribution in [1.29, 1.82) is 0 Å². The second kappa shape index (κ2) is 5.56. The minimum absolute atomic E-state index is 0.0362. The van der Waals surface area contributed by atoms with Crippen LogP contribution in [-0.4, -0.2) is 26.9 Å². The van der Waals surface area contributed by atoms with Gasteiger partial charge in [0.05, 0.1) is 19.9 Å². The number of nitrogen functional groups attached to an aromatic ring is 1. The lowest BCUT2D eigenvalue weighted by Crippen LogP contribution is -2.26. The van der Waals surface area contributed by atoms with Gasteiger partial charge in [-0.15, -0.1) is 0 Å². The Kier molecular flexibility index (Phi) is 4.01. The van der Waals surface area contributed by atoms with Crippen LogP contribution in [0.2, 0.25) is 0 Å². The maximum Gasteiger partial charge on any atom is 0.246 e. The molecule has 0 amide bonds. The Labute approximate surface area is 117 Å². The number of benzene rings is 1. The molecular formula is C13H16N2O4S. The molecular weight excluding hydrogens is 280 g/mol. The lowest BCUT2D eigenvalue weighted by molar-refractivity contribution is 0.388. The van der Waals surface area contributed by atoms with Crippen LogP contribution in [0.5, 0.6) is 5.75 Å². The van der Waals surface area contributed by atoms with Crippen LogP contribution < -0.4 is 10.5 Å². The molecule has 2 aromatic rings. The molecule has 2 N–H and O–H groups in total. The first kappa shape index (κ1) is 14.4. The highest BCUT2D eigenvalue weighted by Crippen LogP contribution is 2.28. The fraction of sp³-hybridized carbons (Fsp3) is 0.231. The summed E-state index contributed by atoms with van der Waals surface area (Å²) in [5.74, 6) is 0.810. The molecule has 108 valence electrons. The number of furan rings is 1. The maximum absolute atomic E-state index is 12.5. The zero-order chi connectivity index (χ0) is 14.8. The van der Waals surface area contributed by atoms with Crippen molar-refractivity contribution in [2.75, 3.05) is 19.9 Å². The molecule has 1 aromatic carbocycles. The summed E-state index contributed by atoms with van der Waals surface area (Å²) in [5.41, 5.74) is 6.02. The van der Waals surface area contributed by atoms with Gasteiger partial charge in [0, 0.05) is 12.7 Å². The van der Waals surface area contributed by atoms with E-state index in [1.165, 1.54) is 36.9 Å². The highest BCUT2D eigenvalue weighted by Gasteiger charge is 2.25. The van der Waals surface area contributed by atoms with Crippen molar-refractivity contribution in [3.8, 4) is 5.75 Å². The highest BCUT2D eigenvalue weighted by molar-refractivity contribution is 7.89. The summed E-state index contributed by atoms with van der Waals surface area (Å²) in [5, 5.41) is 0.